The zero-order chi connectivity index (χ0) is 14.1. The Labute approximate surface area is 110 Å². The number of hydrogen-bond acceptors (Lipinski definition) is 3. The first-order valence-electron chi connectivity index (χ1n) is 6.64. The molecule has 4 nitrogen and oxygen atoms in total. The molecule has 0 aromatic carbocycles. The predicted molar refractivity (Wildman–Crippen MR) is 72.2 cm³/mol. The molecular weight excluding hydrogens is 232 g/mol. The Bertz CT molecular complexity index is 212. The highest BCUT2D eigenvalue weighted by molar-refractivity contribution is 5.66. The Morgan fingerprint density at radius 3 is 2.28 bits per heavy atom. The van der Waals surface area contributed by atoms with Gasteiger partial charge < -0.3 is 9.84 Å². The number of unbranched alkanes of at least 4 members (excludes halogenated alkanes) is 5. The summed E-state index contributed by atoms with van der Waals surface area (Å²) in [4.78, 5) is 19.5. The molecule has 0 aliphatic rings. The van der Waals surface area contributed by atoms with Gasteiger partial charge in [0, 0.05) is 6.42 Å². The molecule has 0 rings (SSSR count). The minimum atomic E-state index is -0.675. The van der Waals surface area contributed by atoms with Crippen molar-refractivity contribution < 1.29 is 19.4 Å². The highest BCUT2D eigenvalue weighted by Crippen LogP contribution is 2.01. The maximum absolute atomic E-state index is 9.96. The van der Waals surface area contributed by atoms with Crippen molar-refractivity contribution in [1.82, 2.24) is 0 Å². The normalized spacial score (nSPS) is 9.67. The molecule has 0 unspecified atom stereocenters. The first-order chi connectivity index (χ1) is 8.68. The van der Waals surface area contributed by atoms with Crippen LogP contribution in [0.3, 0.4) is 0 Å². The highest BCUT2D eigenvalue weighted by Gasteiger charge is 1.93. The number of carboxylic acid groups (broad SMARTS) is 1. The predicted octanol–water partition coefficient (Wildman–Crippen LogP) is 3.90. The Morgan fingerprint density at radius 2 is 1.78 bits per heavy atom. The van der Waals surface area contributed by atoms with Crippen LogP contribution < -0.4 is 0 Å². The van der Waals surface area contributed by atoms with Crippen LogP contribution in [0, 0.1) is 0 Å². The summed E-state index contributed by atoms with van der Waals surface area (Å²) in [6.45, 7) is 4.65. The van der Waals surface area contributed by atoms with Gasteiger partial charge in [0.15, 0.2) is 0 Å². The molecule has 0 aromatic heterocycles. The summed E-state index contributed by atoms with van der Waals surface area (Å²) in [6.07, 6.45) is 11.1. The van der Waals surface area contributed by atoms with Gasteiger partial charge in [-0.05, 0) is 25.3 Å². The summed E-state index contributed by atoms with van der Waals surface area (Å²) in [7, 11) is 0. The maximum Gasteiger partial charge on any atom is 0.303 e. The fourth-order valence-electron chi connectivity index (χ4n) is 1.18. The fraction of sp³-hybridized carbons (Fsp3) is 0.714. The van der Waals surface area contributed by atoms with E-state index in [-0.39, 0.29) is 0 Å². The molecule has 0 atom stereocenters. The van der Waals surface area contributed by atoms with E-state index in [1.165, 1.54) is 19.1 Å². The monoisotopic (exact) mass is 258 g/mol. The van der Waals surface area contributed by atoms with E-state index in [0.29, 0.717) is 12.9 Å². The van der Waals surface area contributed by atoms with E-state index in [4.69, 9.17) is 5.11 Å². The van der Waals surface area contributed by atoms with E-state index < -0.39 is 5.97 Å². The second-order valence-electron chi connectivity index (χ2n) is 3.95. The van der Waals surface area contributed by atoms with Crippen LogP contribution in [0.25, 0.3) is 0 Å². The molecule has 0 amide bonds. The number of carbonyl (C=O) groups is 2. The zero-order valence-corrected chi connectivity index (χ0v) is 11.6. The molecule has 0 radical (unpaired) electrons. The molecule has 4 heteroatoms. The summed E-state index contributed by atoms with van der Waals surface area (Å²) in [6, 6.07) is 0. The third-order valence-corrected chi connectivity index (χ3v) is 2.20. The Balaban J connectivity index is 0. The second kappa shape index (κ2) is 18.1. The van der Waals surface area contributed by atoms with E-state index in [2.05, 4.69) is 18.6 Å². The molecule has 0 saturated carbocycles. The molecule has 0 bridgehead atoms. The fourth-order valence-corrected chi connectivity index (χ4v) is 1.18. The lowest BCUT2D eigenvalue weighted by atomic mass is 10.2. The van der Waals surface area contributed by atoms with Gasteiger partial charge in [-0.1, -0.05) is 39.5 Å². The van der Waals surface area contributed by atoms with Gasteiger partial charge in [-0.2, -0.15) is 0 Å². The minimum Gasteiger partial charge on any atom is -0.481 e. The maximum atomic E-state index is 9.96. The van der Waals surface area contributed by atoms with Crippen molar-refractivity contribution >= 4 is 12.4 Å². The van der Waals surface area contributed by atoms with Crippen LogP contribution in [0.1, 0.15) is 65.2 Å². The number of carboxylic acids is 1. The van der Waals surface area contributed by atoms with Crippen LogP contribution in [0.4, 0.5) is 0 Å². The van der Waals surface area contributed by atoms with E-state index in [1.807, 2.05) is 6.08 Å². The average molecular weight is 258 g/mol. The number of carbonyl (C=O) groups excluding carboxylic acids is 1. The lowest BCUT2D eigenvalue weighted by Crippen LogP contribution is -1.92. The van der Waals surface area contributed by atoms with Gasteiger partial charge in [-0.3, -0.25) is 9.59 Å². The van der Waals surface area contributed by atoms with Crippen LogP contribution >= 0.6 is 0 Å². The number of aliphatic carboxylic acids is 1. The summed E-state index contributed by atoms with van der Waals surface area (Å²) in [5.41, 5.74) is 0. The SMILES string of the molecule is CCCCC=COC=O.CCCCCCC(=O)O. The molecule has 0 aliphatic heterocycles. The van der Waals surface area contributed by atoms with Crippen molar-refractivity contribution in [3.05, 3.63) is 12.3 Å². The first kappa shape index (κ1) is 19.0. The smallest absolute Gasteiger partial charge is 0.303 e. The van der Waals surface area contributed by atoms with Gasteiger partial charge in [0.2, 0.25) is 0 Å². The summed E-state index contributed by atoms with van der Waals surface area (Å²) >= 11 is 0. The summed E-state index contributed by atoms with van der Waals surface area (Å²) in [5.74, 6) is -0.675. The molecule has 0 spiro atoms. The molecule has 0 fully saturated rings. The molecule has 0 saturated heterocycles. The topological polar surface area (TPSA) is 63.6 Å². The van der Waals surface area contributed by atoms with Crippen LogP contribution in [0.15, 0.2) is 12.3 Å². The zero-order valence-electron chi connectivity index (χ0n) is 11.6. The van der Waals surface area contributed by atoms with Crippen molar-refractivity contribution in [3.8, 4) is 0 Å². The molecule has 106 valence electrons. The molecular formula is C14H26O4. The Hall–Kier alpha value is -1.32. The summed E-state index contributed by atoms with van der Waals surface area (Å²) < 4.78 is 4.32. The quantitative estimate of drug-likeness (QED) is 0.366. The number of ether oxygens (including phenoxy) is 1. The van der Waals surface area contributed by atoms with E-state index >= 15 is 0 Å². The molecule has 0 aromatic rings. The van der Waals surface area contributed by atoms with Gasteiger partial charge in [-0.15, -0.1) is 0 Å². The number of allylic oxidation sites excluding steroid dienone is 1. The lowest BCUT2D eigenvalue weighted by Gasteiger charge is -1.92. The summed E-state index contributed by atoms with van der Waals surface area (Å²) in [5, 5.41) is 8.21. The molecule has 0 aliphatic carbocycles. The van der Waals surface area contributed by atoms with Crippen LogP contribution in [0.2, 0.25) is 0 Å². The lowest BCUT2D eigenvalue weighted by molar-refractivity contribution is -0.137. The van der Waals surface area contributed by atoms with Gasteiger partial charge in [-0.25, -0.2) is 0 Å². The number of rotatable bonds is 10. The molecule has 18 heavy (non-hydrogen) atoms. The molecule has 1 N–H and O–H groups in total. The van der Waals surface area contributed by atoms with Crippen molar-refractivity contribution in [1.29, 1.82) is 0 Å². The van der Waals surface area contributed by atoms with Crippen molar-refractivity contribution in [3.63, 3.8) is 0 Å². The standard InChI is InChI=1S/C7H12O2.C7H14O2/c1-2-3-4-5-6-9-7-8;1-2-3-4-5-6-7(8)9/h5-7H,2-4H2,1H3;2-6H2,1H3,(H,8,9). The van der Waals surface area contributed by atoms with Gasteiger partial charge >= 0.3 is 5.97 Å². The van der Waals surface area contributed by atoms with E-state index in [9.17, 15) is 9.59 Å². The number of hydrogen-bond donors (Lipinski definition) is 1. The highest BCUT2D eigenvalue weighted by atomic mass is 16.5. The molecule has 0 heterocycles. The van der Waals surface area contributed by atoms with Gasteiger partial charge in [0.1, 0.15) is 0 Å². The Morgan fingerprint density at radius 1 is 1.11 bits per heavy atom. The minimum absolute atomic E-state index is 0.333. The van der Waals surface area contributed by atoms with Gasteiger partial charge in [0.05, 0.1) is 6.26 Å². The third-order valence-electron chi connectivity index (χ3n) is 2.20. The van der Waals surface area contributed by atoms with Crippen LogP contribution in [-0.2, 0) is 14.3 Å². The van der Waals surface area contributed by atoms with Crippen LogP contribution in [0.5, 0.6) is 0 Å². The van der Waals surface area contributed by atoms with E-state index in [0.717, 1.165) is 32.1 Å². The van der Waals surface area contributed by atoms with Gasteiger partial charge in [0.25, 0.3) is 6.47 Å². The largest absolute Gasteiger partial charge is 0.481 e. The third kappa shape index (κ3) is 24.1. The van der Waals surface area contributed by atoms with Crippen molar-refractivity contribution in [2.45, 2.75) is 65.2 Å². The average Bonchev–Trinajstić information content (AvgIpc) is 2.35. The van der Waals surface area contributed by atoms with Crippen LogP contribution in [-0.4, -0.2) is 17.5 Å². The van der Waals surface area contributed by atoms with E-state index in [1.54, 1.807) is 0 Å². The first-order valence-corrected chi connectivity index (χ1v) is 6.64. The van der Waals surface area contributed by atoms with Crippen molar-refractivity contribution in [2.24, 2.45) is 0 Å². The van der Waals surface area contributed by atoms with Crippen molar-refractivity contribution in [2.75, 3.05) is 0 Å². The second-order valence-corrected chi connectivity index (χ2v) is 3.95. The Kier molecular flexibility index (Phi) is 19.1.